The highest BCUT2D eigenvalue weighted by Gasteiger charge is 2.47. The van der Waals surface area contributed by atoms with Crippen LogP contribution in [-0.4, -0.2) is 47.3 Å². The number of nitrogens with zero attached hydrogens (tertiary/aromatic N) is 3. The normalized spacial score (nSPS) is 21.9. The van der Waals surface area contributed by atoms with E-state index in [4.69, 9.17) is 16.3 Å². The average molecular weight is 380 g/mol. The van der Waals surface area contributed by atoms with E-state index in [0.717, 1.165) is 15.5 Å². The lowest BCUT2D eigenvalue weighted by molar-refractivity contribution is -0.153. The summed E-state index contributed by atoms with van der Waals surface area (Å²) in [6, 6.07) is -0.820. The molecule has 0 bridgehead atoms. The summed E-state index contributed by atoms with van der Waals surface area (Å²) < 4.78 is 46.7. The molecule has 0 unspecified atom stereocenters. The second-order valence-electron chi connectivity index (χ2n) is 6.20. The average Bonchev–Trinajstić information content (AvgIpc) is 2.55. The molecule has 0 radical (unpaired) electrons. The van der Waals surface area contributed by atoms with Gasteiger partial charge < -0.3 is 9.64 Å². The number of alkyl halides is 3. The summed E-state index contributed by atoms with van der Waals surface area (Å²) in [5.74, 6) is -0.851. The fraction of sp³-hybridized carbons (Fsp3) is 0.667. The molecule has 2 aliphatic heterocycles. The summed E-state index contributed by atoms with van der Waals surface area (Å²) in [6.07, 6.45) is -3.89. The summed E-state index contributed by atoms with van der Waals surface area (Å²) in [7, 11) is 0. The lowest BCUT2D eigenvalue weighted by Gasteiger charge is -2.39. The van der Waals surface area contributed by atoms with Gasteiger partial charge in [-0.1, -0.05) is 11.6 Å². The van der Waals surface area contributed by atoms with Crippen LogP contribution in [0.5, 0.6) is 0 Å². The van der Waals surface area contributed by atoms with Gasteiger partial charge in [0.2, 0.25) is 5.95 Å². The van der Waals surface area contributed by atoms with Crippen molar-refractivity contribution in [2.24, 2.45) is 5.92 Å². The minimum atomic E-state index is -4.54. The van der Waals surface area contributed by atoms with E-state index in [2.05, 4.69) is 4.98 Å². The van der Waals surface area contributed by atoms with Gasteiger partial charge in [0.05, 0.1) is 6.54 Å². The first-order chi connectivity index (χ1) is 11.8. The number of hydrogen-bond donors (Lipinski definition) is 0. The van der Waals surface area contributed by atoms with Gasteiger partial charge in [-0.3, -0.25) is 14.2 Å². The van der Waals surface area contributed by atoms with E-state index in [1.54, 1.807) is 0 Å². The number of aromatic nitrogens is 2. The van der Waals surface area contributed by atoms with Gasteiger partial charge in [0.1, 0.15) is 11.2 Å². The molecule has 0 amide bonds. The lowest BCUT2D eigenvalue weighted by Crippen LogP contribution is -2.54. The molecule has 0 spiro atoms. The Morgan fingerprint density at radius 3 is 2.64 bits per heavy atom. The van der Waals surface area contributed by atoms with E-state index in [9.17, 15) is 22.8 Å². The minimum absolute atomic E-state index is 0.121. The zero-order chi connectivity index (χ0) is 18.2. The van der Waals surface area contributed by atoms with Crippen LogP contribution in [0.1, 0.15) is 19.3 Å². The van der Waals surface area contributed by atoms with Gasteiger partial charge in [-0.25, -0.2) is 4.98 Å². The topological polar surface area (TPSA) is 64.4 Å². The zero-order valence-corrected chi connectivity index (χ0v) is 14.0. The third-order valence-electron chi connectivity index (χ3n) is 4.60. The Morgan fingerprint density at radius 2 is 2.00 bits per heavy atom. The largest absolute Gasteiger partial charge is 0.408 e. The maximum atomic E-state index is 13.5. The van der Waals surface area contributed by atoms with Gasteiger partial charge in [0, 0.05) is 31.7 Å². The monoisotopic (exact) mass is 379 g/mol. The summed E-state index contributed by atoms with van der Waals surface area (Å²) in [5, 5.41) is -0.192. The van der Waals surface area contributed by atoms with Gasteiger partial charge in [0.15, 0.2) is 5.78 Å². The van der Waals surface area contributed by atoms with Crippen molar-refractivity contribution in [1.29, 1.82) is 0 Å². The Hall–Kier alpha value is -1.61. The van der Waals surface area contributed by atoms with Gasteiger partial charge in [-0.2, -0.15) is 13.2 Å². The number of anilines is 1. The molecule has 10 heteroatoms. The number of fused-ring (bicyclic) bond motifs is 1. The van der Waals surface area contributed by atoms with Crippen molar-refractivity contribution < 1.29 is 22.7 Å². The Labute approximate surface area is 146 Å². The molecular weight excluding hydrogens is 363 g/mol. The highest BCUT2D eigenvalue weighted by molar-refractivity contribution is 6.29. The standard InChI is InChI=1S/C15H17ClF3N3O3/c16-12-7-13(24)21-4-1-11(15(17,18)19)22(14(21)20-12)8-10(23)9-2-5-25-6-3-9/h7,9,11H,1-6,8H2/t11-/m0/s1. The molecule has 6 nitrogen and oxygen atoms in total. The predicted molar refractivity (Wildman–Crippen MR) is 83.9 cm³/mol. The molecule has 25 heavy (non-hydrogen) atoms. The number of rotatable bonds is 3. The van der Waals surface area contributed by atoms with Gasteiger partial charge in [0.25, 0.3) is 5.56 Å². The summed E-state index contributed by atoms with van der Waals surface area (Å²) in [5.41, 5.74) is -0.529. The van der Waals surface area contributed by atoms with E-state index in [1.165, 1.54) is 0 Å². The number of hydrogen-bond acceptors (Lipinski definition) is 5. The van der Waals surface area contributed by atoms with Crippen molar-refractivity contribution in [3.05, 3.63) is 21.6 Å². The molecule has 2 aliphatic rings. The van der Waals surface area contributed by atoms with Crippen LogP contribution in [0.4, 0.5) is 19.1 Å². The number of ether oxygens (including phenoxy) is 1. The Morgan fingerprint density at radius 1 is 1.32 bits per heavy atom. The van der Waals surface area contributed by atoms with E-state index in [0.29, 0.717) is 26.1 Å². The van der Waals surface area contributed by atoms with Crippen LogP contribution in [0, 0.1) is 5.92 Å². The van der Waals surface area contributed by atoms with Crippen LogP contribution in [-0.2, 0) is 16.1 Å². The molecular formula is C15H17ClF3N3O3. The molecule has 1 aromatic heterocycles. The van der Waals surface area contributed by atoms with E-state index < -0.39 is 24.3 Å². The van der Waals surface area contributed by atoms with E-state index in [-0.39, 0.29) is 35.8 Å². The molecule has 0 aliphatic carbocycles. The molecule has 0 aromatic carbocycles. The first-order valence-corrected chi connectivity index (χ1v) is 8.36. The third kappa shape index (κ3) is 3.82. The molecule has 0 N–H and O–H groups in total. The van der Waals surface area contributed by atoms with Gasteiger partial charge >= 0.3 is 6.18 Å². The van der Waals surface area contributed by atoms with Crippen molar-refractivity contribution in [1.82, 2.24) is 9.55 Å². The number of carbonyl (C=O) groups excluding carboxylic acids is 1. The first kappa shape index (κ1) is 18.2. The van der Waals surface area contributed by atoms with Crippen LogP contribution >= 0.6 is 11.6 Å². The van der Waals surface area contributed by atoms with Gasteiger partial charge in [-0.05, 0) is 19.3 Å². The summed E-state index contributed by atoms with van der Waals surface area (Å²) >= 11 is 5.76. The second-order valence-corrected chi connectivity index (χ2v) is 6.58. The Bertz CT molecular complexity index is 716. The Balaban J connectivity index is 1.94. The number of Topliss-reactive ketones (excluding diaryl/α,β-unsaturated/α-hetero) is 1. The predicted octanol–water partition coefficient (Wildman–Crippen LogP) is 2.03. The smallest absolute Gasteiger partial charge is 0.381 e. The van der Waals surface area contributed by atoms with Crippen LogP contribution < -0.4 is 10.5 Å². The first-order valence-electron chi connectivity index (χ1n) is 7.98. The second kappa shape index (κ2) is 6.95. The molecule has 1 aromatic rings. The fourth-order valence-corrected chi connectivity index (χ4v) is 3.45. The lowest BCUT2D eigenvalue weighted by atomic mass is 9.94. The highest BCUT2D eigenvalue weighted by Crippen LogP contribution is 2.34. The molecule has 3 heterocycles. The molecule has 1 saturated heterocycles. The van der Waals surface area contributed by atoms with Crippen molar-refractivity contribution in [2.45, 2.75) is 38.0 Å². The van der Waals surface area contributed by atoms with Crippen molar-refractivity contribution in [2.75, 3.05) is 24.7 Å². The Kier molecular flexibility index (Phi) is 5.06. The van der Waals surface area contributed by atoms with Crippen molar-refractivity contribution in [3.63, 3.8) is 0 Å². The van der Waals surface area contributed by atoms with Crippen LogP contribution in [0.25, 0.3) is 0 Å². The summed E-state index contributed by atoms with van der Waals surface area (Å²) in [4.78, 5) is 29.3. The van der Waals surface area contributed by atoms with E-state index >= 15 is 0 Å². The SMILES string of the molecule is O=C(CN1c2nc(Cl)cc(=O)n2CC[C@H]1C(F)(F)F)C1CCOCC1. The number of halogens is 4. The van der Waals surface area contributed by atoms with Crippen LogP contribution in [0.3, 0.4) is 0 Å². The summed E-state index contributed by atoms with van der Waals surface area (Å²) in [6.45, 7) is 0.255. The molecule has 138 valence electrons. The van der Waals surface area contributed by atoms with Gasteiger partial charge in [-0.15, -0.1) is 0 Å². The molecule has 3 rings (SSSR count). The minimum Gasteiger partial charge on any atom is -0.381 e. The number of ketones is 1. The maximum absolute atomic E-state index is 13.5. The zero-order valence-electron chi connectivity index (χ0n) is 13.3. The number of carbonyl (C=O) groups is 1. The fourth-order valence-electron chi connectivity index (χ4n) is 3.28. The quantitative estimate of drug-likeness (QED) is 0.752. The highest BCUT2D eigenvalue weighted by atomic mass is 35.5. The third-order valence-corrected chi connectivity index (χ3v) is 4.79. The molecule has 1 fully saturated rings. The van der Waals surface area contributed by atoms with Crippen molar-refractivity contribution >= 4 is 23.3 Å². The van der Waals surface area contributed by atoms with Crippen LogP contribution in [0.15, 0.2) is 10.9 Å². The van der Waals surface area contributed by atoms with E-state index in [1.807, 2.05) is 0 Å². The van der Waals surface area contributed by atoms with Crippen LogP contribution in [0.2, 0.25) is 5.15 Å². The maximum Gasteiger partial charge on any atom is 0.408 e. The van der Waals surface area contributed by atoms with Crippen molar-refractivity contribution in [3.8, 4) is 0 Å². The molecule has 0 saturated carbocycles. The molecule has 1 atom stereocenters.